The Morgan fingerprint density at radius 2 is 1.92 bits per heavy atom. The molecule has 0 aliphatic heterocycles. The molecule has 2 rings (SSSR count). The molecule has 24 heavy (non-hydrogen) atoms. The molecule has 0 heterocycles. The lowest BCUT2D eigenvalue weighted by molar-refractivity contribution is -0.137. The van der Waals surface area contributed by atoms with Crippen LogP contribution in [0.5, 0.6) is 0 Å². The first-order chi connectivity index (χ1) is 11.5. The molecule has 1 amide bonds. The van der Waals surface area contributed by atoms with Gasteiger partial charge in [0.2, 0.25) is 0 Å². The number of alkyl carbamates (subject to hydrolysis) is 1. The summed E-state index contributed by atoms with van der Waals surface area (Å²) in [6.07, 6.45) is -1.11. The molecule has 126 valence electrons. The number of carbonyl (C=O) groups is 2. The molecule has 7 heteroatoms. The lowest BCUT2D eigenvalue weighted by atomic mass is 10.0. The molecule has 5 nitrogen and oxygen atoms in total. The number of halogens is 2. The van der Waals surface area contributed by atoms with Gasteiger partial charge in [-0.3, -0.25) is 4.79 Å². The monoisotopic (exact) mass is 395 g/mol. The molecule has 1 atom stereocenters. The first kappa shape index (κ1) is 17.9. The molecule has 0 aliphatic rings. The van der Waals surface area contributed by atoms with E-state index in [-0.39, 0.29) is 13.0 Å². The number of hydrogen-bond acceptors (Lipinski definition) is 3. The Balaban J connectivity index is 2.05. The number of nitrogens with one attached hydrogen (secondary N) is 1. The Kier molecular flexibility index (Phi) is 6.31. The van der Waals surface area contributed by atoms with Gasteiger partial charge in [-0.1, -0.05) is 52.3 Å². The van der Waals surface area contributed by atoms with E-state index < -0.39 is 23.9 Å². The fourth-order valence-electron chi connectivity index (χ4n) is 2.10. The topological polar surface area (TPSA) is 75.6 Å². The van der Waals surface area contributed by atoms with Crippen molar-refractivity contribution < 1.29 is 23.8 Å². The lowest BCUT2D eigenvalue weighted by Crippen LogP contribution is -2.31. The number of carboxylic acids is 1. The number of ether oxygens (including phenoxy) is 1. The molecule has 0 bridgehead atoms. The third-order valence-corrected chi connectivity index (χ3v) is 3.91. The largest absolute Gasteiger partial charge is 0.481 e. The summed E-state index contributed by atoms with van der Waals surface area (Å²) >= 11 is 3.18. The Morgan fingerprint density at radius 3 is 2.54 bits per heavy atom. The van der Waals surface area contributed by atoms with Gasteiger partial charge in [0.05, 0.1) is 12.5 Å². The second-order valence-corrected chi connectivity index (χ2v) is 5.88. The summed E-state index contributed by atoms with van der Waals surface area (Å²) in [4.78, 5) is 23.0. The van der Waals surface area contributed by atoms with E-state index in [0.29, 0.717) is 10.0 Å². The van der Waals surface area contributed by atoms with Crippen LogP contribution in [0.4, 0.5) is 9.18 Å². The molecule has 2 N–H and O–H groups in total. The predicted octanol–water partition coefficient (Wildman–Crippen LogP) is 4.03. The zero-order chi connectivity index (χ0) is 17.5. The summed E-state index contributed by atoms with van der Waals surface area (Å²) in [6, 6.07) is 12.1. The van der Waals surface area contributed by atoms with E-state index in [1.54, 1.807) is 12.1 Å². The average molecular weight is 396 g/mol. The summed E-state index contributed by atoms with van der Waals surface area (Å²) in [5.74, 6) is -1.56. The van der Waals surface area contributed by atoms with E-state index in [1.807, 2.05) is 18.2 Å². The normalized spacial score (nSPS) is 11.6. The molecular formula is C17H15BrFNO4. The molecule has 0 aromatic heterocycles. The van der Waals surface area contributed by atoms with Crippen molar-refractivity contribution in [2.24, 2.45) is 0 Å². The summed E-state index contributed by atoms with van der Waals surface area (Å²) in [6.45, 7) is 0.0665. The number of hydrogen-bond donors (Lipinski definition) is 2. The number of rotatable bonds is 6. The molecule has 2 aromatic rings. The smallest absolute Gasteiger partial charge is 0.407 e. The van der Waals surface area contributed by atoms with Crippen LogP contribution in [-0.2, 0) is 16.1 Å². The van der Waals surface area contributed by atoms with Gasteiger partial charge >= 0.3 is 12.1 Å². The number of amides is 1. The van der Waals surface area contributed by atoms with Crippen LogP contribution < -0.4 is 5.32 Å². The minimum absolute atomic E-state index is 0.0665. The summed E-state index contributed by atoms with van der Waals surface area (Å²) < 4.78 is 18.7. The van der Waals surface area contributed by atoms with Crippen molar-refractivity contribution in [1.82, 2.24) is 5.32 Å². The quantitative estimate of drug-likeness (QED) is 0.773. The second-order valence-electron chi connectivity index (χ2n) is 5.02. The van der Waals surface area contributed by atoms with Crippen molar-refractivity contribution in [3.8, 4) is 0 Å². The van der Waals surface area contributed by atoms with Crippen molar-refractivity contribution in [2.75, 3.05) is 0 Å². The van der Waals surface area contributed by atoms with Crippen LogP contribution in [0.1, 0.15) is 23.6 Å². The van der Waals surface area contributed by atoms with E-state index >= 15 is 0 Å². The molecule has 0 unspecified atom stereocenters. The highest BCUT2D eigenvalue weighted by molar-refractivity contribution is 9.10. The fraction of sp³-hybridized carbons (Fsp3) is 0.176. The van der Waals surface area contributed by atoms with E-state index in [1.165, 1.54) is 18.2 Å². The van der Waals surface area contributed by atoms with Crippen LogP contribution in [0.25, 0.3) is 0 Å². The molecule has 0 saturated heterocycles. The van der Waals surface area contributed by atoms with Gasteiger partial charge in [-0.25, -0.2) is 9.18 Å². The minimum Gasteiger partial charge on any atom is -0.481 e. The van der Waals surface area contributed by atoms with Crippen molar-refractivity contribution in [3.05, 3.63) is 69.9 Å². The third kappa shape index (κ3) is 5.34. The first-order valence-electron chi connectivity index (χ1n) is 7.09. The van der Waals surface area contributed by atoms with E-state index in [2.05, 4.69) is 21.2 Å². The van der Waals surface area contributed by atoms with Crippen molar-refractivity contribution in [1.29, 1.82) is 0 Å². The molecule has 0 fully saturated rings. The number of aliphatic carboxylic acids is 1. The Bertz CT molecular complexity index is 724. The maximum absolute atomic E-state index is 13.2. The first-order valence-corrected chi connectivity index (χ1v) is 7.89. The standard InChI is InChI=1S/C17H15BrFNO4/c18-14-8-12(19)6-7-13(14)15(9-16(21)22)20-17(23)24-10-11-4-2-1-3-5-11/h1-8,15H,9-10H2,(H,20,23)(H,21,22)/t15-/m1/s1. The number of benzene rings is 2. The minimum atomic E-state index is -1.10. The Labute approximate surface area is 146 Å². The van der Waals surface area contributed by atoms with Gasteiger partial charge in [-0.05, 0) is 23.3 Å². The molecule has 0 aliphatic carbocycles. The van der Waals surface area contributed by atoms with Crippen LogP contribution in [-0.4, -0.2) is 17.2 Å². The third-order valence-electron chi connectivity index (χ3n) is 3.22. The van der Waals surface area contributed by atoms with Crippen LogP contribution in [0.3, 0.4) is 0 Å². The number of carboxylic acid groups (broad SMARTS) is 1. The molecular weight excluding hydrogens is 381 g/mol. The van der Waals surface area contributed by atoms with Gasteiger partial charge in [-0.2, -0.15) is 0 Å². The zero-order valence-corrected chi connectivity index (χ0v) is 14.1. The van der Waals surface area contributed by atoms with Gasteiger partial charge in [-0.15, -0.1) is 0 Å². The van der Waals surface area contributed by atoms with E-state index in [0.717, 1.165) is 5.56 Å². The van der Waals surface area contributed by atoms with Gasteiger partial charge < -0.3 is 15.2 Å². The highest BCUT2D eigenvalue weighted by Gasteiger charge is 2.21. The van der Waals surface area contributed by atoms with Gasteiger partial charge in [0.25, 0.3) is 0 Å². The van der Waals surface area contributed by atoms with Crippen LogP contribution >= 0.6 is 15.9 Å². The zero-order valence-electron chi connectivity index (χ0n) is 12.5. The highest BCUT2D eigenvalue weighted by Crippen LogP contribution is 2.26. The average Bonchev–Trinajstić information content (AvgIpc) is 2.53. The second kappa shape index (κ2) is 8.44. The predicted molar refractivity (Wildman–Crippen MR) is 88.9 cm³/mol. The number of carbonyl (C=O) groups excluding carboxylic acids is 1. The van der Waals surface area contributed by atoms with E-state index in [4.69, 9.17) is 9.84 Å². The molecule has 0 radical (unpaired) electrons. The van der Waals surface area contributed by atoms with Crippen molar-refractivity contribution in [2.45, 2.75) is 19.1 Å². The molecule has 0 saturated carbocycles. The van der Waals surface area contributed by atoms with E-state index in [9.17, 15) is 14.0 Å². The summed E-state index contributed by atoms with van der Waals surface area (Å²) in [5, 5.41) is 11.5. The SMILES string of the molecule is O=C(O)C[C@@H](NC(=O)OCc1ccccc1)c1ccc(F)cc1Br. The molecule has 0 spiro atoms. The summed E-state index contributed by atoms with van der Waals surface area (Å²) in [5.41, 5.74) is 1.26. The fourth-order valence-corrected chi connectivity index (χ4v) is 2.73. The van der Waals surface area contributed by atoms with Crippen LogP contribution in [0.2, 0.25) is 0 Å². The van der Waals surface area contributed by atoms with Gasteiger partial charge in [0.1, 0.15) is 12.4 Å². The van der Waals surface area contributed by atoms with Gasteiger partial charge in [0.15, 0.2) is 0 Å². The van der Waals surface area contributed by atoms with Crippen molar-refractivity contribution >= 4 is 28.0 Å². The Hall–Kier alpha value is -2.41. The lowest BCUT2D eigenvalue weighted by Gasteiger charge is -2.18. The van der Waals surface area contributed by atoms with Crippen molar-refractivity contribution in [3.63, 3.8) is 0 Å². The highest BCUT2D eigenvalue weighted by atomic mass is 79.9. The maximum Gasteiger partial charge on any atom is 0.407 e. The summed E-state index contributed by atoms with van der Waals surface area (Å²) in [7, 11) is 0. The molecule has 2 aromatic carbocycles. The Morgan fingerprint density at radius 1 is 1.21 bits per heavy atom. The van der Waals surface area contributed by atoms with Crippen LogP contribution in [0.15, 0.2) is 53.0 Å². The van der Waals surface area contributed by atoms with Gasteiger partial charge in [0, 0.05) is 4.47 Å². The van der Waals surface area contributed by atoms with Crippen LogP contribution in [0, 0.1) is 5.82 Å². The maximum atomic E-state index is 13.2.